The van der Waals surface area contributed by atoms with Gasteiger partial charge < -0.3 is 5.11 Å². The van der Waals surface area contributed by atoms with Crippen LogP contribution in [0.5, 0.6) is 0 Å². The van der Waals surface area contributed by atoms with Gasteiger partial charge in [0.25, 0.3) is 0 Å². The highest BCUT2D eigenvalue weighted by atomic mass is 16.3. The molecule has 0 bridgehead atoms. The first-order valence-electron chi connectivity index (χ1n) is 9.91. The largest absolute Gasteiger partial charge is 0.378 e. The second-order valence-electron chi connectivity index (χ2n) is 10.2. The van der Waals surface area contributed by atoms with E-state index in [1.54, 1.807) is 0 Å². The topological polar surface area (TPSA) is 37.3 Å². The maximum absolute atomic E-state index is 12.5. The van der Waals surface area contributed by atoms with Gasteiger partial charge in [-0.15, -0.1) is 6.42 Å². The molecule has 7 atom stereocenters. The highest BCUT2D eigenvalue weighted by Crippen LogP contribution is 2.70. The number of aliphatic hydroxyl groups is 1. The van der Waals surface area contributed by atoms with Crippen LogP contribution < -0.4 is 0 Å². The second-order valence-corrected chi connectivity index (χ2v) is 10.2. The molecule has 132 valence electrons. The van der Waals surface area contributed by atoms with Crippen LogP contribution in [0.25, 0.3) is 0 Å². The molecule has 1 N–H and O–H groups in total. The van der Waals surface area contributed by atoms with E-state index >= 15 is 0 Å². The molecule has 24 heavy (non-hydrogen) atoms. The van der Waals surface area contributed by atoms with E-state index in [1.165, 1.54) is 12.8 Å². The van der Waals surface area contributed by atoms with Gasteiger partial charge in [-0.25, -0.2) is 0 Å². The van der Waals surface area contributed by atoms with Crippen LogP contribution in [0.15, 0.2) is 0 Å². The van der Waals surface area contributed by atoms with Gasteiger partial charge >= 0.3 is 0 Å². The number of rotatable bonds is 0. The fourth-order valence-corrected chi connectivity index (χ4v) is 7.57. The van der Waals surface area contributed by atoms with Gasteiger partial charge in [0.05, 0.1) is 0 Å². The van der Waals surface area contributed by atoms with Crippen molar-refractivity contribution in [2.75, 3.05) is 0 Å². The smallest absolute Gasteiger partial charge is 0.139 e. The fraction of sp³-hybridized carbons (Fsp3) is 0.864. The molecule has 0 spiro atoms. The van der Waals surface area contributed by atoms with Crippen LogP contribution in [-0.2, 0) is 4.79 Å². The van der Waals surface area contributed by atoms with Gasteiger partial charge in [-0.05, 0) is 80.0 Å². The van der Waals surface area contributed by atoms with Crippen molar-refractivity contribution in [3.05, 3.63) is 0 Å². The monoisotopic (exact) mass is 328 g/mol. The lowest BCUT2D eigenvalue weighted by Gasteiger charge is -2.65. The Balaban J connectivity index is 1.68. The third kappa shape index (κ3) is 1.91. The molecule has 0 aromatic carbocycles. The second kappa shape index (κ2) is 4.88. The number of carbonyl (C=O) groups excluding carboxylic acids is 1. The quantitative estimate of drug-likeness (QED) is 0.671. The number of Topliss-reactive ketones (excluding diaryl/α,β-unsaturated/α-hetero) is 1. The zero-order valence-corrected chi connectivity index (χ0v) is 15.5. The summed E-state index contributed by atoms with van der Waals surface area (Å²) in [6.45, 7) is 7.09. The van der Waals surface area contributed by atoms with E-state index in [0.29, 0.717) is 23.5 Å². The van der Waals surface area contributed by atoms with Crippen molar-refractivity contribution < 1.29 is 9.90 Å². The first-order valence-corrected chi connectivity index (χ1v) is 9.91. The van der Waals surface area contributed by atoms with Crippen LogP contribution in [0.3, 0.4) is 0 Å². The predicted octanol–water partition coefficient (Wildman–Crippen LogP) is 4.35. The maximum atomic E-state index is 12.5. The predicted molar refractivity (Wildman–Crippen MR) is 95.1 cm³/mol. The average Bonchev–Trinajstić information content (AvgIpc) is 2.84. The number of hydrogen-bond acceptors (Lipinski definition) is 2. The Hall–Kier alpha value is -0.810. The molecule has 0 aromatic heterocycles. The van der Waals surface area contributed by atoms with Gasteiger partial charge in [-0.3, -0.25) is 4.79 Å². The summed E-state index contributed by atoms with van der Waals surface area (Å²) in [6, 6.07) is 0. The summed E-state index contributed by atoms with van der Waals surface area (Å²) in [5.74, 6) is 5.20. The third-order valence-corrected chi connectivity index (χ3v) is 9.38. The van der Waals surface area contributed by atoms with E-state index in [2.05, 4.69) is 26.7 Å². The highest BCUT2D eigenvalue weighted by molar-refractivity contribution is 5.87. The lowest BCUT2D eigenvalue weighted by atomic mass is 9.39. The normalized spacial score (nSPS) is 56.8. The molecular weight excluding hydrogens is 296 g/mol. The average molecular weight is 328 g/mol. The number of hydrogen-bond donors (Lipinski definition) is 1. The van der Waals surface area contributed by atoms with Gasteiger partial charge in [0.1, 0.15) is 11.4 Å². The van der Waals surface area contributed by atoms with E-state index in [-0.39, 0.29) is 16.2 Å². The molecule has 4 aliphatic rings. The summed E-state index contributed by atoms with van der Waals surface area (Å²) in [6.07, 6.45) is 14.7. The molecule has 2 heteroatoms. The minimum Gasteiger partial charge on any atom is -0.378 e. The number of ketones is 1. The lowest BCUT2D eigenvalue weighted by molar-refractivity contribution is -0.179. The van der Waals surface area contributed by atoms with Crippen molar-refractivity contribution in [1.82, 2.24) is 0 Å². The maximum Gasteiger partial charge on any atom is 0.139 e. The Bertz CT molecular complexity index is 618. The van der Waals surface area contributed by atoms with Crippen LogP contribution >= 0.6 is 0 Å². The minimum atomic E-state index is -0.909. The summed E-state index contributed by atoms with van der Waals surface area (Å²) in [4.78, 5) is 12.5. The minimum absolute atomic E-state index is 0.0422. The van der Waals surface area contributed by atoms with Crippen molar-refractivity contribution in [3.63, 3.8) is 0 Å². The van der Waals surface area contributed by atoms with E-state index in [4.69, 9.17) is 6.42 Å². The Labute approximate surface area is 146 Å². The summed E-state index contributed by atoms with van der Waals surface area (Å²) < 4.78 is 0. The zero-order chi connectivity index (χ0) is 17.4. The number of terminal acetylenes is 1. The van der Waals surface area contributed by atoms with E-state index in [9.17, 15) is 9.90 Å². The molecule has 0 aliphatic heterocycles. The molecule has 0 amide bonds. The highest BCUT2D eigenvalue weighted by Gasteiger charge is 2.64. The zero-order valence-electron chi connectivity index (χ0n) is 15.5. The van der Waals surface area contributed by atoms with Crippen LogP contribution in [0.1, 0.15) is 78.6 Å². The van der Waals surface area contributed by atoms with Gasteiger partial charge in [0, 0.05) is 11.8 Å². The molecular formula is C22H32O2. The Morgan fingerprint density at radius 3 is 2.50 bits per heavy atom. The van der Waals surface area contributed by atoms with Crippen molar-refractivity contribution in [2.45, 2.75) is 84.2 Å². The molecule has 4 fully saturated rings. The fourth-order valence-electron chi connectivity index (χ4n) is 7.57. The van der Waals surface area contributed by atoms with Crippen LogP contribution in [-0.4, -0.2) is 16.5 Å². The SMILES string of the molecule is C#C[C@]1(O)CC[C@@]2(C)[C@H]3CC[C@@]4(C)C(=O)CC[C@H]4[C@@H]3CC[C@@]2(C)C1. The van der Waals surface area contributed by atoms with Crippen LogP contribution in [0.4, 0.5) is 0 Å². The van der Waals surface area contributed by atoms with Crippen LogP contribution in [0, 0.1) is 46.3 Å². The van der Waals surface area contributed by atoms with Crippen molar-refractivity contribution in [2.24, 2.45) is 34.0 Å². The van der Waals surface area contributed by atoms with E-state index in [1.807, 2.05) is 0 Å². The summed E-state index contributed by atoms with van der Waals surface area (Å²) in [5, 5.41) is 10.7. The Morgan fingerprint density at radius 1 is 1.04 bits per heavy atom. The van der Waals surface area contributed by atoms with Crippen molar-refractivity contribution in [3.8, 4) is 12.3 Å². The third-order valence-electron chi connectivity index (χ3n) is 9.38. The van der Waals surface area contributed by atoms with Crippen molar-refractivity contribution in [1.29, 1.82) is 0 Å². The Kier molecular flexibility index (Phi) is 3.38. The van der Waals surface area contributed by atoms with Gasteiger partial charge in [0.15, 0.2) is 0 Å². The lowest BCUT2D eigenvalue weighted by Crippen LogP contribution is -2.60. The number of fused-ring (bicyclic) bond motifs is 5. The molecule has 4 aliphatic carbocycles. The summed E-state index contributed by atoms with van der Waals surface area (Å²) in [7, 11) is 0. The molecule has 0 radical (unpaired) electrons. The van der Waals surface area contributed by atoms with Crippen molar-refractivity contribution >= 4 is 5.78 Å². The summed E-state index contributed by atoms with van der Waals surface area (Å²) >= 11 is 0. The van der Waals surface area contributed by atoms with E-state index < -0.39 is 5.60 Å². The molecule has 2 nitrogen and oxygen atoms in total. The molecule has 0 unspecified atom stereocenters. The standard InChI is InChI=1S/C22H32O2/c1-5-22(24)13-12-21(4)17-9-11-20(3)16(6-7-18(20)23)15(17)8-10-19(21,2)14-22/h1,15-17,24H,6-14H2,2-4H3/t15-,16-,17-,19-,20+,21-,22-/m0/s1. The molecule has 0 saturated heterocycles. The van der Waals surface area contributed by atoms with Gasteiger partial charge in [0.2, 0.25) is 0 Å². The first kappa shape index (κ1) is 16.6. The molecule has 0 heterocycles. The van der Waals surface area contributed by atoms with E-state index in [0.717, 1.165) is 44.9 Å². The molecule has 4 saturated carbocycles. The Morgan fingerprint density at radius 2 is 1.79 bits per heavy atom. The molecule has 4 rings (SSSR count). The van der Waals surface area contributed by atoms with Crippen LogP contribution in [0.2, 0.25) is 0 Å². The number of carbonyl (C=O) groups is 1. The first-order chi connectivity index (χ1) is 11.2. The van der Waals surface area contributed by atoms with Gasteiger partial charge in [-0.2, -0.15) is 0 Å². The molecule has 0 aromatic rings. The summed E-state index contributed by atoms with van der Waals surface area (Å²) in [5.41, 5.74) is -0.567. The van der Waals surface area contributed by atoms with Gasteiger partial charge in [-0.1, -0.05) is 26.7 Å².